The average Bonchev–Trinajstić information content (AvgIpc) is 2.38. The number of hydrogen-bond donors (Lipinski definition) is 1. The summed E-state index contributed by atoms with van der Waals surface area (Å²) in [4.78, 5) is 0. The molecule has 2 N–H and O–H groups in total. The third-order valence-electron chi connectivity index (χ3n) is 3.07. The van der Waals surface area contributed by atoms with Gasteiger partial charge in [0.2, 0.25) is 0 Å². The van der Waals surface area contributed by atoms with Crippen LogP contribution in [0.4, 0.5) is 0 Å². The molecule has 0 atom stereocenters. The Hall–Kier alpha value is -1.60. The molecule has 0 saturated heterocycles. The maximum absolute atomic E-state index is 5.69. The summed E-state index contributed by atoms with van der Waals surface area (Å²) in [6.45, 7) is 5.10. The van der Waals surface area contributed by atoms with Gasteiger partial charge >= 0.3 is 0 Å². The van der Waals surface area contributed by atoms with Crippen LogP contribution in [0.5, 0.6) is 0 Å². The highest BCUT2D eigenvalue weighted by Crippen LogP contribution is 2.22. The van der Waals surface area contributed by atoms with E-state index in [0.717, 1.165) is 6.42 Å². The van der Waals surface area contributed by atoms with Gasteiger partial charge in [0.1, 0.15) is 0 Å². The van der Waals surface area contributed by atoms with Crippen LogP contribution in [0.25, 0.3) is 11.1 Å². The van der Waals surface area contributed by atoms with Crippen LogP contribution in [0.3, 0.4) is 0 Å². The summed E-state index contributed by atoms with van der Waals surface area (Å²) in [7, 11) is 0. The van der Waals surface area contributed by atoms with Gasteiger partial charge in [0.25, 0.3) is 0 Å². The summed E-state index contributed by atoms with van der Waals surface area (Å²) < 4.78 is 0. The predicted octanol–water partition coefficient (Wildman–Crippen LogP) is 4.01. The smallest absolute Gasteiger partial charge is 0.0178 e. The van der Waals surface area contributed by atoms with Gasteiger partial charge in [-0.1, -0.05) is 56.3 Å². The SMILES string of the molecule is CC(C)Cc1cccc(-c2cccc(CN)c2)c1. The summed E-state index contributed by atoms with van der Waals surface area (Å²) in [5.41, 5.74) is 10.8. The van der Waals surface area contributed by atoms with Crippen molar-refractivity contribution in [1.29, 1.82) is 0 Å². The van der Waals surface area contributed by atoms with E-state index in [2.05, 4.69) is 62.4 Å². The van der Waals surface area contributed by atoms with E-state index < -0.39 is 0 Å². The lowest BCUT2D eigenvalue weighted by Gasteiger charge is -2.08. The third kappa shape index (κ3) is 3.21. The van der Waals surface area contributed by atoms with Gasteiger partial charge < -0.3 is 5.73 Å². The van der Waals surface area contributed by atoms with Gasteiger partial charge in [-0.2, -0.15) is 0 Å². The van der Waals surface area contributed by atoms with Crippen molar-refractivity contribution in [3.8, 4) is 11.1 Å². The Labute approximate surface area is 110 Å². The molecule has 0 fully saturated rings. The van der Waals surface area contributed by atoms with Crippen molar-refractivity contribution in [3.63, 3.8) is 0 Å². The monoisotopic (exact) mass is 239 g/mol. The van der Waals surface area contributed by atoms with Crippen LogP contribution < -0.4 is 5.73 Å². The van der Waals surface area contributed by atoms with Crippen molar-refractivity contribution in [2.75, 3.05) is 0 Å². The molecule has 1 heteroatoms. The van der Waals surface area contributed by atoms with Crippen LogP contribution in [0.15, 0.2) is 48.5 Å². The summed E-state index contributed by atoms with van der Waals surface area (Å²) in [5, 5.41) is 0. The quantitative estimate of drug-likeness (QED) is 0.857. The van der Waals surface area contributed by atoms with Crippen LogP contribution in [0, 0.1) is 5.92 Å². The Kier molecular flexibility index (Phi) is 4.16. The van der Waals surface area contributed by atoms with Crippen LogP contribution in [-0.4, -0.2) is 0 Å². The number of hydrogen-bond acceptors (Lipinski definition) is 1. The van der Waals surface area contributed by atoms with Gasteiger partial charge in [0.15, 0.2) is 0 Å². The van der Waals surface area contributed by atoms with E-state index in [-0.39, 0.29) is 0 Å². The van der Waals surface area contributed by atoms with Gasteiger partial charge in [-0.05, 0) is 40.7 Å². The van der Waals surface area contributed by atoms with Crippen LogP contribution in [0.1, 0.15) is 25.0 Å². The molecule has 0 bridgehead atoms. The molecule has 18 heavy (non-hydrogen) atoms. The first-order valence-corrected chi connectivity index (χ1v) is 6.57. The molecule has 0 aliphatic carbocycles. The van der Waals surface area contributed by atoms with E-state index >= 15 is 0 Å². The fourth-order valence-corrected chi connectivity index (χ4v) is 2.23. The molecule has 0 aliphatic rings. The maximum Gasteiger partial charge on any atom is 0.0178 e. The van der Waals surface area contributed by atoms with Gasteiger partial charge in [0, 0.05) is 6.54 Å². The zero-order valence-corrected chi connectivity index (χ0v) is 11.2. The van der Waals surface area contributed by atoms with Crippen molar-refractivity contribution >= 4 is 0 Å². The summed E-state index contributed by atoms with van der Waals surface area (Å²) in [6, 6.07) is 17.3. The van der Waals surface area contributed by atoms with E-state index in [0.29, 0.717) is 12.5 Å². The minimum Gasteiger partial charge on any atom is -0.326 e. The fourth-order valence-electron chi connectivity index (χ4n) is 2.23. The Morgan fingerprint density at radius 1 is 0.889 bits per heavy atom. The number of benzene rings is 2. The van der Waals surface area contributed by atoms with E-state index in [4.69, 9.17) is 5.73 Å². The van der Waals surface area contributed by atoms with Crippen LogP contribution >= 0.6 is 0 Å². The lowest BCUT2D eigenvalue weighted by Crippen LogP contribution is -1.96. The largest absolute Gasteiger partial charge is 0.326 e. The molecule has 0 unspecified atom stereocenters. The maximum atomic E-state index is 5.69. The Morgan fingerprint density at radius 2 is 1.44 bits per heavy atom. The fraction of sp³-hybridized carbons (Fsp3) is 0.294. The molecule has 0 aliphatic heterocycles. The van der Waals surface area contributed by atoms with Crippen molar-refractivity contribution in [2.24, 2.45) is 11.7 Å². The minimum atomic E-state index is 0.597. The van der Waals surface area contributed by atoms with Gasteiger partial charge in [-0.15, -0.1) is 0 Å². The lowest BCUT2D eigenvalue weighted by molar-refractivity contribution is 0.647. The third-order valence-corrected chi connectivity index (χ3v) is 3.07. The van der Waals surface area contributed by atoms with E-state index in [9.17, 15) is 0 Å². The molecular weight excluding hydrogens is 218 g/mol. The molecule has 2 aromatic rings. The molecule has 94 valence electrons. The standard InChI is InChI=1S/C17H21N/c1-13(2)9-14-5-3-7-16(10-14)17-8-4-6-15(11-17)12-18/h3-8,10-11,13H,9,12,18H2,1-2H3. The van der Waals surface area contributed by atoms with Crippen molar-refractivity contribution in [2.45, 2.75) is 26.8 Å². The molecule has 2 aromatic carbocycles. The normalized spacial score (nSPS) is 10.9. The minimum absolute atomic E-state index is 0.597. The molecule has 2 rings (SSSR count). The summed E-state index contributed by atoms with van der Waals surface area (Å²) in [6.07, 6.45) is 1.13. The molecule has 0 amide bonds. The van der Waals surface area contributed by atoms with Crippen LogP contribution in [0.2, 0.25) is 0 Å². The first-order valence-electron chi connectivity index (χ1n) is 6.57. The van der Waals surface area contributed by atoms with E-state index in [1.807, 2.05) is 0 Å². The summed E-state index contributed by atoms with van der Waals surface area (Å²) in [5.74, 6) is 0.690. The second-order valence-corrected chi connectivity index (χ2v) is 5.20. The molecular formula is C17H21N. The van der Waals surface area contributed by atoms with Crippen molar-refractivity contribution in [3.05, 3.63) is 59.7 Å². The number of nitrogens with two attached hydrogens (primary N) is 1. The molecule has 0 saturated carbocycles. The molecule has 1 nitrogen and oxygen atoms in total. The first-order chi connectivity index (χ1) is 8.69. The topological polar surface area (TPSA) is 26.0 Å². The highest BCUT2D eigenvalue weighted by molar-refractivity contribution is 5.64. The Morgan fingerprint density at radius 3 is 2.00 bits per heavy atom. The van der Waals surface area contributed by atoms with Gasteiger partial charge in [0.05, 0.1) is 0 Å². The zero-order valence-electron chi connectivity index (χ0n) is 11.2. The van der Waals surface area contributed by atoms with Gasteiger partial charge in [-0.25, -0.2) is 0 Å². The highest BCUT2D eigenvalue weighted by Gasteiger charge is 2.02. The number of rotatable bonds is 4. The Bertz CT molecular complexity index is 515. The second kappa shape index (κ2) is 5.83. The van der Waals surface area contributed by atoms with Gasteiger partial charge in [-0.3, -0.25) is 0 Å². The molecule has 0 spiro atoms. The molecule has 0 aromatic heterocycles. The summed E-state index contributed by atoms with van der Waals surface area (Å²) >= 11 is 0. The first kappa shape index (κ1) is 12.8. The average molecular weight is 239 g/mol. The van der Waals surface area contributed by atoms with E-state index in [1.54, 1.807) is 0 Å². The second-order valence-electron chi connectivity index (χ2n) is 5.20. The van der Waals surface area contributed by atoms with E-state index in [1.165, 1.54) is 22.3 Å². The highest BCUT2D eigenvalue weighted by atomic mass is 14.5. The van der Waals surface area contributed by atoms with Crippen LogP contribution in [-0.2, 0) is 13.0 Å². The molecule has 0 heterocycles. The van der Waals surface area contributed by atoms with Crippen molar-refractivity contribution in [1.82, 2.24) is 0 Å². The molecule has 0 radical (unpaired) electrons. The zero-order chi connectivity index (χ0) is 13.0. The predicted molar refractivity (Wildman–Crippen MR) is 78.3 cm³/mol. The lowest BCUT2D eigenvalue weighted by atomic mass is 9.97. The van der Waals surface area contributed by atoms with Crippen molar-refractivity contribution < 1.29 is 0 Å². The Balaban J connectivity index is 2.32.